The highest BCUT2D eigenvalue weighted by Crippen LogP contribution is 2.36. The largest absolute Gasteiger partial charge is 0.468 e. The molecule has 1 amide bonds. The number of ether oxygens (including phenoxy) is 1. The second-order valence-corrected chi connectivity index (χ2v) is 6.46. The number of nitrogens with zero attached hydrogens (tertiary/aromatic N) is 3. The zero-order valence-corrected chi connectivity index (χ0v) is 15.1. The highest BCUT2D eigenvalue weighted by Gasteiger charge is 2.34. The van der Waals surface area contributed by atoms with Crippen LogP contribution in [0.25, 0.3) is 10.9 Å². The normalized spacial score (nSPS) is 13.5. The number of fused-ring (bicyclic) bond motifs is 3. The Hall–Kier alpha value is -3.68. The van der Waals surface area contributed by atoms with Gasteiger partial charge in [0.2, 0.25) is 0 Å². The number of carbonyl (C=O) groups is 2. The average molecular weight is 379 g/mol. The number of nitro groups is 1. The summed E-state index contributed by atoms with van der Waals surface area (Å²) in [6.07, 6.45) is 0.530. The quantitative estimate of drug-likeness (QED) is 0.395. The van der Waals surface area contributed by atoms with Crippen LogP contribution in [0.5, 0.6) is 0 Å². The van der Waals surface area contributed by atoms with E-state index in [1.165, 1.54) is 17.7 Å². The van der Waals surface area contributed by atoms with Crippen LogP contribution in [0, 0.1) is 10.1 Å². The standard InChI is InChI=1S/C20H17N3O5/c1-28-17(24)12-22-18-14(8-5-9-16(18)23(26)27)15-10-11-21(20(25)19(15)22)13-6-3-2-4-7-13/h2-9H,10-12H2,1H3. The first-order valence-electron chi connectivity index (χ1n) is 8.75. The van der Waals surface area contributed by atoms with E-state index < -0.39 is 10.9 Å². The first-order chi connectivity index (χ1) is 13.5. The molecule has 1 aliphatic rings. The fourth-order valence-electron chi connectivity index (χ4n) is 3.76. The zero-order chi connectivity index (χ0) is 19.8. The number of rotatable bonds is 4. The summed E-state index contributed by atoms with van der Waals surface area (Å²) in [4.78, 5) is 38.1. The van der Waals surface area contributed by atoms with Crippen molar-refractivity contribution >= 4 is 34.2 Å². The number of nitro benzene ring substituents is 1. The maximum Gasteiger partial charge on any atom is 0.325 e. The molecular formula is C20H17N3O5. The third-order valence-corrected chi connectivity index (χ3v) is 4.98. The minimum Gasteiger partial charge on any atom is -0.468 e. The van der Waals surface area contributed by atoms with Crippen LogP contribution in [0.1, 0.15) is 16.1 Å². The Morgan fingerprint density at radius 2 is 1.93 bits per heavy atom. The number of benzene rings is 2. The molecule has 1 aliphatic heterocycles. The van der Waals surface area contributed by atoms with E-state index in [4.69, 9.17) is 4.74 Å². The molecule has 0 atom stereocenters. The number of esters is 1. The first-order valence-corrected chi connectivity index (χ1v) is 8.75. The van der Waals surface area contributed by atoms with Crippen LogP contribution in [0.3, 0.4) is 0 Å². The van der Waals surface area contributed by atoms with Crippen LogP contribution in [0.15, 0.2) is 48.5 Å². The van der Waals surface area contributed by atoms with Crippen LogP contribution in [-0.2, 0) is 22.5 Å². The van der Waals surface area contributed by atoms with Crippen molar-refractivity contribution in [2.24, 2.45) is 0 Å². The maximum atomic E-state index is 13.3. The van der Waals surface area contributed by atoms with Gasteiger partial charge < -0.3 is 14.2 Å². The van der Waals surface area contributed by atoms with Gasteiger partial charge in [-0.2, -0.15) is 0 Å². The lowest BCUT2D eigenvalue weighted by Crippen LogP contribution is -2.39. The molecule has 2 aromatic carbocycles. The van der Waals surface area contributed by atoms with E-state index in [0.29, 0.717) is 24.0 Å². The molecule has 0 radical (unpaired) electrons. The van der Waals surface area contributed by atoms with Gasteiger partial charge in [-0.1, -0.05) is 30.3 Å². The second kappa shape index (κ2) is 6.80. The van der Waals surface area contributed by atoms with Gasteiger partial charge in [0.25, 0.3) is 11.6 Å². The molecular weight excluding hydrogens is 362 g/mol. The predicted octanol–water partition coefficient (Wildman–Crippen LogP) is 2.93. The summed E-state index contributed by atoms with van der Waals surface area (Å²) >= 11 is 0. The van der Waals surface area contributed by atoms with Gasteiger partial charge in [0.05, 0.1) is 12.0 Å². The number of para-hydroxylation sites is 2. The Morgan fingerprint density at radius 3 is 2.61 bits per heavy atom. The molecule has 0 saturated heterocycles. The topological polar surface area (TPSA) is 94.7 Å². The molecule has 2 heterocycles. The summed E-state index contributed by atoms with van der Waals surface area (Å²) in [5, 5.41) is 12.2. The summed E-state index contributed by atoms with van der Waals surface area (Å²) < 4.78 is 6.18. The number of carbonyl (C=O) groups excluding carboxylic acids is 2. The van der Waals surface area contributed by atoms with Crippen molar-refractivity contribution in [3.05, 3.63) is 69.9 Å². The minimum absolute atomic E-state index is 0.144. The lowest BCUT2D eigenvalue weighted by Gasteiger charge is -2.28. The van der Waals surface area contributed by atoms with Crippen LogP contribution in [-0.4, -0.2) is 35.0 Å². The van der Waals surface area contributed by atoms with Crippen LogP contribution >= 0.6 is 0 Å². The number of hydrogen-bond acceptors (Lipinski definition) is 5. The monoisotopic (exact) mass is 379 g/mol. The van der Waals surface area contributed by atoms with Gasteiger partial charge in [-0.05, 0) is 24.1 Å². The summed E-state index contributed by atoms with van der Waals surface area (Å²) in [6.45, 7) is 0.178. The van der Waals surface area contributed by atoms with Crippen molar-refractivity contribution in [2.45, 2.75) is 13.0 Å². The summed E-state index contributed by atoms with van der Waals surface area (Å²) in [5.41, 5.74) is 1.88. The molecule has 0 bridgehead atoms. The van der Waals surface area contributed by atoms with Crippen molar-refractivity contribution in [1.82, 2.24) is 4.57 Å². The van der Waals surface area contributed by atoms with E-state index in [-0.39, 0.29) is 23.7 Å². The Kier molecular flexibility index (Phi) is 4.31. The van der Waals surface area contributed by atoms with Gasteiger partial charge >= 0.3 is 5.97 Å². The third-order valence-electron chi connectivity index (χ3n) is 4.98. The molecule has 0 spiro atoms. The van der Waals surface area contributed by atoms with E-state index in [1.807, 2.05) is 30.3 Å². The molecule has 0 fully saturated rings. The summed E-state index contributed by atoms with van der Waals surface area (Å²) in [6, 6.07) is 13.9. The van der Waals surface area contributed by atoms with Crippen LogP contribution in [0.2, 0.25) is 0 Å². The van der Waals surface area contributed by atoms with Gasteiger partial charge in [-0.3, -0.25) is 19.7 Å². The van der Waals surface area contributed by atoms with Gasteiger partial charge in [0.15, 0.2) is 0 Å². The molecule has 28 heavy (non-hydrogen) atoms. The first kappa shape index (κ1) is 17.7. The highest BCUT2D eigenvalue weighted by molar-refractivity contribution is 6.12. The Balaban J connectivity index is 1.96. The minimum atomic E-state index is -0.581. The Labute approximate surface area is 160 Å². The molecule has 0 unspecified atom stereocenters. The Bertz CT molecular complexity index is 1100. The van der Waals surface area contributed by atoms with E-state index >= 15 is 0 Å². The number of anilines is 1. The molecule has 3 aromatic rings. The van der Waals surface area contributed by atoms with Crippen molar-refractivity contribution in [3.63, 3.8) is 0 Å². The number of aromatic nitrogens is 1. The summed E-state index contributed by atoms with van der Waals surface area (Å²) in [7, 11) is 1.24. The number of amides is 1. The van der Waals surface area contributed by atoms with Gasteiger partial charge in [0, 0.05) is 23.7 Å². The predicted molar refractivity (Wildman–Crippen MR) is 102 cm³/mol. The number of hydrogen-bond donors (Lipinski definition) is 0. The Morgan fingerprint density at radius 1 is 1.18 bits per heavy atom. The molecule has 142 valence electrons. The lowest BCUT2D eigenvalue weighted by molar-refractivity contribution is -0.383. The van der Waals surface area contributed by atoms with E-state index in [9.17, 15) is 19.7 Å². The fraction of sp³-hybridized carbons (Fsp3) is 0.200. The lowest BCUT2D eigenvalue weighted by atomic mass is 10.0. The van der Waals surface area contributed by atoms with Crippen LogP contribution in [0.4, 0.5) is 11.4 Å². The van der Waals surface area contributed by atoms with E-state index in [2.05, 4.69) is 0 Å². The maximum absolute atomic E-state index is 13.3. The van der Waals surface area contributed by atoms with Crippen molar-refractivity contribution in [2.75, 3.05) is 18.6 Å². The molecule has 8 nitrogen and oxygen atoms in total. The van der Waals surface area contributed by atoms with E-state index in [0.717, 1.165) is 11.3 Å². The van der Waals surface area contributed by atoms with Crippen LogP contribution < -0.4 is 4.90 Å². The molecule has 8 heteroatoms. The van der Waals surface area contributed by atoms with Crippen molar-refractivity contribution in [3.8, 4) is 0 Å². The van der Waals surface area contributed by atoms with Gasteiger partial charge in [-0.25, -0.2) is 0 Å². The van der Waals surface area contributed by atoms with Crippen molar-refractivity contribution in [1.29, 1.82) is 0 Å². The molecule has 4 rings (SSSR count). The van der Waals surface area contributed by atoms with Gasteiger partial charge in [-0.15, -0.1) is 0 Å². The smallest absolute Gasteiger partial charge is 0.325 e. The fourth-order valence-corrected chi connectivity index (χ4v) is 3.76. The zero-order valence-electron chi connectivity index (χ0n) is 15.1. The SMILES string of the molecule is COC(=O)Cn1c2c(c3cccc([N+](=O)[O-])c31)CCN(c1ccccc1)C2=O. The van der Waals surface area contributed by atoms with E-state index in [1.54, 1.807) is 17.0 Å². The number of methoxy groups -OCH3 is 1. The molecule has 0 saturated carbocycles. The number of non-ortho nitro benzene ring substituents is 1. The second-order valence-electron chi connectivity index (χ2n) is 6.46. The highest BCUT2D eigenvalue weighted by atomic mass is 16.6. The molecule has 1 aromatic heterocycles. The molecule has 0 aliphatic carbocycles. The van der Waals surface area contributed by atoms with Crippen molar-refractivity contribution < 1.29 is 19.2 Å². The molecule has 0 N–H and O–H groups in total. The average Bonchev–Trinajstić information content (AvgIpc) is 3.03. The third kappa shape index (κ3) is 2.70. The summed E-state index contributed by atoms with van der Waals surface area (Å²) in [5.74, 6) is -0.871. The van der Waals surface area contributed by atoms with Gasteiger partial charge in [0.1, 0.15) is 17.8 Å².